The summed E-state index contributed by atoms with van der Waals surface area (Å²) in [5.41, 5.74) is 5.52. The summed E-state index contributed by atoms with van der Waals surface area (Å²) in [7, 11) is -3.77. The van der Waals surface area contributed by atoms with Crippen molar-refractivity contribution in [3.05, 3.63) is 0 Å². The van der Waals surface area contributed by atoms with Crippen LogP contribution in [0.5, 0.6) is 0 Å². The van der Waals surface area contributed by atoms with Gasteiger partial charge in [-0.05, 0) is 31.6 Å². The number of piperidine rings is 1. The Balaban J connectivity index is 1.97. The number of aliphatic carboxylic acids is 1. The van der Waals surface area contributed by atoms with Gasteiger partial charge in [0.15, 0.2) is 5.96 Å². The molecule has 1 saturated carbocycles. The molecule has 2 fully saturated rings. The maximum absolute atomic E-state index is 13.0. The predicted octanol–water partition coefficient (Wildman–Crippen LogP) is -1.52. The smallest absolute Gasteiger partial charge is 0.305 e. The standard InChI is InChI=1S/C18H32N6O6S/c1-31(29,30)22-14(17(28)24(13-4-5-13)8-6-16(26)27)9-15(25)21-10-12-3-2-7-23(11-12)18(19)20/h12-14,22H,2-11H2,1H3,(H3,19,20)(H,21,25)(H,26,27)/t12-,14-/m0/s1. The van der Waals surface area contributed by atoms with Gasteiger partial charge in [0.1, 0.15) is 6.04 Å². The van der Waals surface area contributed by atoms with E-state index in [2.05, 4.69) is 10.0 Å². The van der Waals surface area contributed by atoms with E-state index in [-0.39, 0.29) is 37.3 Å². The van der Waals surface area contributed by atoms with Crippen molar-refractivity contribution < 1.29 is 27.9 Å². The van der Waals surface area contributed by atoms with Gasteiger partial charge in [-0.3, -0.25) is 19.8 Å². The molecule has 12 nitrogen and oxygen atoms in total. The van der Waals surface area contributed by atoms with Gasteiger partial charge in [-0.1, -0.05) is 0 Å². The lowest BCUT2D eigenvalue weighted by atomic mass is 9.98. The van der Waals surface area contributed by atoms with Gasteiger partial charge in [-0.25, -0.2) is 13.1 Å². The Bertz CT molecular complexity index is 799. The number of rotatable bonds is 11. The highest BCUT2D eigenvalue weighted by Crippen LogP contribution is 2.28. The number of carbonyl (C=O) groups is 3. The number of carbonyl (C=O) groups excluding carboxylic acids is 2. The van der Waals surface area contributed by atoms with Crippen LogP contribution in [0.15, 0.2) is 0 Å². The molecule has 1 aliphatic carbocycles. The third-order valence-electron chi connectivity index (χ3n) is 5.33. The van der Waals surface area contributed by atoms with Gasteiger partial charge in [0.05, 0.1) is 19.1 Å². The lowest BCUT2D eigenvalue weighted by Gasteiger charge is -2.33. The first-order valence-corrected chi connectivity index (χ1v) is 12.2. The Morgan fingerprint density at radius 2 is 1.97 bits per heavy atom. The topological polar surface area (TPSA) is 186 Å². The quantitative estimate of drug-likeness (QED) is 0.182. The molecule has 1 aliphatic heterocycles. The Morgan fingerprint density at radius 3 is 2.52 bits per heavy atom. The van der Waals surface area contributed by atoms with Crippen molar-refractivity contribution in [1.82, 2.24) is 19.8 Å². The average Bonchev–Trinajstić information content (AvgIpc) is 3.50. The molecule has 2 rings (SSSR count). The number of likely N-dealkylation sites (tertiary alicyclic amines) is 1. The predicted molar refractivity (Wildman–Crippen MR) is 113 cm³/mol. The number of amides is 2. The number of hydrogen-bond acceptors (Lipinski definition) is 6. The summed E-state index contributed by atoms with van der Waals surface area (Å²) in [5, 5.41) is 19.2. The maximum atomic E-state index is 13.0. The molecule has 2 amide bonds. The zero-order chi connectivity index (χ0) is 23.2. The first kappa shape index (κ1) is 24.9. The van der Waals surface area contributed by atoms with Crippen LogP contribution >= 0.6 is 0 Å². The van der Waals surface area contributed by atoms with E-state index >= 15 is 0 Å². The molecular formula is C18H32N6O6S. The Hall–Kier alpha value is -2.41. The van der Waals surface area contributed by atoms with E-state index in [1.54, 1.807) is 4.90 Å². The highest BCUT2D eigenvalue weighted by atomic mass is 32.2. The molecule has 0 bridgehead atoms. The molecule has 0 unspecified atom stereocenters. The van der Waals surface area contributed by atoms with Crippen molar-refractivity contribution in [2.75, 3.05) is 32.4 Å². The molecule has 2 atom stereocenters. The first-order chi connectivity index (χ1) is 14.5. The molecule has 0 aromatic heterocycles. The molecular weight excluding hydrogens is 428 g/mol. The van der Waals surface area contributed by atoms with Crippen LogP contribution in [0.1, 0.15) is 38.5 Å². The third-order valence-corrected chi connectivity index (χ3v) is 6.04. The minimum Gasteiger partial charge on any atom is -0.481 e. The highest BCUT2D eigenvalue weighted by Gasteiger charge is 2.37. The SMILES string of the molecule is CS(=O)(=O)N[C@@H](CC(=O)NC[C@@H]1CCCN(C(=N)N)C1)C(=O)N(CCC(=O)O)C1CC1. The van der Waals surface area contributed by atoms with Crippen molar-refractivity contribution in [3.63, 3.8) is 0 Å². The fourth-order valence-electron chi connectivity index (χ4n) is 3.68. The number of nitrogens with two attached hydrogens (primary N) is 1. The molecule has 1 saturated heterocycles. The number of guanidine groups is 1. The van der Waals surface area contributed by atoms with Gasteiger partial charge in [-0.2, -0.15) is 0 Å². The lowest BCUT2D eigenvalue weighted by molar-refractivity contribution is -0.140. The van der Waals surface area contributed by atoms with Crippen LogP contribution in [-0.4, -0.2) is 91.6 Å². The number of sulfonamides is 1. The molecule has 1 heterocycles. The fourth-order valence-corrected chi connectivity index (χ4v) is 4.38. The molecule has 176 valence electrons. The number of nitrogens with zero attached hydrogens (tertiary/aromatic N) is 2. The number of hydrogen-bond donors (Lipinski definition) is 5. The molecule has 0 aromatic rings. The summed E-state index contributed by atoms with van der Waals surface area (Å²) < 4.78 is 25.7. The van der Waals surface area contributed by atoms with E-state index in [9.17, 15) is 22.8 Å². The van der Waals surface area contributed by atoms with Gasteiger partial charge in [0, 0.05) is 32.2 Å². The molecule has 0 spiro atoms. The van der Waals surface area contributed by atoms with Gasteiger partial charge in [-0.15, -0.1) is 0 Å². The summed E-state index contributed by atoms with van der Waals surface area (Å²) in [6.45, 7) is 1.53. The Morgan fingerprint density at radius 1 is 1.29 bits per heavy atom. The Kier molecular flexibility index (Phi) is 8.62. The van der Waals surface area contributed by atoms with Crippen LogP contribution in [0.4, 0.5) is 0 Å². The van der Waals surface area contributed by atoms with E-state index in [4.69, 9.17) is 16.2 Å². The van der Waals surface area contributed by atoms with E-state index in [1.807, 2.05) is 0 Å². The molecule has 6 N–H and O–H groups in total. The zero-order valence-corrected chi connectivity index (χ0v) is 18.5. The van der Waals surface area contributed by atoms with Crippen LogP contribution in [-0.2, 0) is 24.4 Å². The summed E-state index contributed by atoms with van der Waals surface area (Å²) in [5.74, 6) is -2.05. The van der Waals surface area contributed by atoms with Gasteiger partial charge in [0.2, 0.25) is 21.8 Å². The monoisotopic (exact) mass is 460 g/mol. The van der Waals surface area contributed by atoms with E-state index < -0.39 is 33.8 Å². The number of carboxylic acids is 1. The first-order valence-electron chi connectivity index (χ1n) is 10.3. The van der Waals surface area contributed by atoms with Crippen LogP contribution in [0.3, 0.4) is 0 Å². The average molecular weight is 461 g/mol. The number of carboxylic acid groups (broad SMARTS) is 1. The number of nitrogens with one attached hydrogen (secondary N) is 3. The van der Waals surface area contributed by atoms with Crippen LogP contribution in [0, 0.1) is 11.3 Å². The fraction of sp³-hybridized carbons (Fsp3) is 0.778. The molecule has 31 heavy (non-hydrogen) atoms. The summed E-state index contributed by atoms with van der Waals surface area (Å²) in [4.78, 5) is 39.4. The second-order valence-corrected chi connectivity index (χ2v) is 9.98. The van der Waals surface area contributed by atoms with Crippen molar-refractivity contribution in [2.45, 2.75) is 50.6 Å². The van der Waals surface area contributed by atoms with Crippen molar-refractivity contribution >= 4 is 33.8 Å². The summed E-state index contributed by atoms with van der Waals surface area (Å²) in [6.07, 6.45) is 3.41. The van der Waals surface area contributed by atoms with Crippen LogP contribution < -0.4 is 15.8 Å². The van der Waals surface area contributed by atoms with E-state index in [0.717, 1.165) is 31.9 Å². The normalized spacial score (nSPS) is 20.0. The summed E-state index contributed by atoms with van der Waals surface area (Å²) in [6, 6.07) is -1.43. The van der Waals surface area contributed by atoms with Gasteiger partial charge >= 0.3 is 5.97 Å². The van der Waals surface area contributed by atoms with Crippen molar-refractivity contribution in [2.24, 2.45) is 11.7 Å². The minimum absolute atomic E-state index is 0.0134. The van der Waals surface area contributed by atoms with Crippen LogP contribution in [0.2, 0.25) is 0 Å². The van der Waals surface area contributed by atoms with E-state index in [1.165, 1.54) is 4.90 Å². The minimum atomic E-state index is -3.77. The van der Waals surface area contributed by atoms with Gasteiger partial charge < -0.3 is 26.0 Å². The maximum Gasteiger partial charge on any atom is 0.305 e. The molecule has 0 aromatic carbocycles. The second-order valence-electron chi connectivity index (χ2n) is 8.20. The third kappa shape index (κ3) is 8.69. The van der Waals surface area contributed by atoms with Crippen molar-refractivity contribution in [3.8, 4) is 0 Å². The van der Waals surface area contributed by atoms with Gasteiger partial charge in [0.25, 0.3) is 0 Å². The van der Waals surface area contributed by atoms with E-state index in [0.29, 0.717) is 19.6 Å². The zero-order valence-electron chi connectivity index (χ0n) is 17.7. The highest BCUT2D eigenvalue weighted by molar-refractivity contribution is 7.88. The van der Waals surface area contributed by atoms with Crippen molar-refractivity contribution in [1.29, 1.82) is 5.41 Å². The molecule has 13 heteroatoms. The Labute approximate surface area is 182 Å². The largest absolute Gasteiger partial charge is 0.481 e. The van der Waals surface area contributed by atoms with Crippen LogP contribution in [0.25, 0.3) is 0 Å². The lowest BCUT2D eigenvalue weighted by Crippen LogP contribution is -2.52. The molecule has 2 aliphatic rings. The summed E-state index contributed by atoms with van der Waals surface area (Å²) >= 11 is 0. The second kappa shape index (κ2) is 10.8. The molecule has 0 radical (unpaired) electrons.